The van der Waals surface area contributed by atoms with Crippen molar-refractivity contribution in [2.45, 2.75) is 25.6 Å². The number of H-pyrrole nitrogens is 1. The highest BCUT2D eigenvalue weighted by Crippen LogP contribution is 2.39. The molecule has 4 nitrogen and oxygen atoms in total. The fourth-order valence-electron chi connectivity index (χ4n) is 4.30. The molecule has 3 heterocycles. The lowest BCUT2D eigenvalue weighted by Crippen LogP contribution is -2.36. The Bertz CT molecular complexity index is 1130. The highest BCUT2D eigenvalue weighted by atomic mass is 19.1. The van der Waals surface area contributed by atoms with Crippen LogP contribution in [0.2, 0.25) is 0 Å². The first-order chi connectivity index (χ1) is 13.7. The molecule has 0 aliphatic carbocycles. The van der Waals surface area contributed by atoms with Crippen LogP contribution in [0.4, 0.5) is 4.39 Å². The van der Waals surface area contributed by atoms with Crippen LogP contribution in [0.25, 0.3) is 10.9 Å². The van der Waals surface area contributed by atoms with Crippen molar-refractivity contribution in [3.63, 3.8) is 0 Å². The van der Waals surface area contributed by atoms with E-state index in [0.717, 1.165) is 29.9 Å². The maximum atomic E-state index is 14.8. The second-order valence-corrected chi connectivity index (χ2v) is 7.23. The van der Waals surface area contributed by atoms with E-state index >= 15 is 0 Å². The van der Waals surface area contributed by atoms with Gasteiger partial charge in [-0.1, -0.05) is 36.4 Å². The molecule has 142 valence electrons. The standard InChI is InChI=1S/C23H21FN2O2/c24-20-7-3-1-6-19(20)23-22-18(17-5-2-4-8-21(17)25-22)11-12-26(23)13-15-9-10-16(14-27)28-15/h1-10,23,25,27H,11-14H2. The average molecular weight is 376 g/mol. The number of hydrogen-bond donors (Lipinski definition) is 2. The number of aliphatic hydroxyl groups is 1. The summed E-state index contributed by atoms with van der Waals surface area (Å²) in [6.45, 7) is 1.22. The summed E-state index contributed by atoms with van der Waals surface area (Å²) >= 11 is 0. The highest BCUT2D eigenvalue weighted by molar-refractivity contribution is 5.85. The van der Waals surface area contributed by atoms with Crippen molar-refractivity contribution >= 4 is 10.9 Å². The van der Waals surface area contributed by atoms with Crippen LogP contribution in [0, 0.1) is 5.82 Å². The van der Waals surface area contributed by atoms with Crippen LogP contribution in [0.1, 0.15) is 34.4 Å². The minimum absolute atomic E-state index is 0.122. The quantitative estimate of drug-likeness (QED) is 0.550. The van der Waals surface area contributed by atoms with Crippen molar-refractivity contribution in [3.05, 3.63) is 94.8 Å². The third-order valence-electron chi connectivity index (χ3n) is 5.57. The summed E-state index contributed by atoms with van der Waals surface area (Å²) in [5.41, 5.74) is 4.04. The Morgan fingerprint density at radius 3 is 2.64 bits per heavy atom. The molecule has 0 spiro atoms. The SMILES string of the molecule is OCc1ccc(CN2CCc3c([nH]c4ccccc34)C2c2ccccc2F)o1. The maximum absolute atomic E-state index is 14.8. The number of hydrogen-bond acceptors (Lipinski definition) is 3. The van der Waals surface area contributed by atoms with Crippen molar-refractivity contribution in [1.82, 2.24) is 9.88 Å². The Morgan fingerprint density at radius 1 is 1.04 bits per heavy atom. The first-order valence-electron chi connectivity index (χ1n) is 9.51. The zero-order chi connectivity index (χ0) is 19.1. The fraction of sp³-hybridized carbons (Fsp3) is 0.217. The Morgan fingerprint density at radius 2 is 1.82 bits per heavy atom. The summed E-state index contributed by atoms with van der Waals surface area (Å²) in [6.07, 6.45) is 0.887. The second kappa shape index (κ2) is 6.93. The largest absolute Gasteiger partial charge is 0.462 e. The number of rotatable bonds is 4. The molecule has 4 aromatic rings. The summed E-state index contributed by atoms with van der Waals surface area (Å²) < 4.78 is 20.5. The van der Waals surface area contributed by atoms with E-state index in [0.29, 0.717) is 17.9 Å². The van der Waals surface area contributed by atoms with Crippen LogP contribution >= 0.6 is 0 Å². The Kier molecular flexibility index (Phi) is 4.26. The molecule has 5 rings (SSSR count). The topological polar surface area (TPSA) is 52.4 Å². The van der Waals surface area contributed by atoms with Gasteiger partial charge in [0.15, 0.2) is 0 Å². The molecule has 0 amide bonds. The minimum Gasteiger partial charge on any atom is -0.462 e. The maximum Gasteiger partial charge on any atom is 0.129 e. The molecular formula is C23H21FN2O2. The zero-order valence-corrected chi connectivity index (χ0v) is 15.4. The minimum atomic E-state index is -0.222. The van der Waals surface area contributed by atoms with Gasteiger partial charge in [-0.15, -0.1) is 0 Å². The lowest BCUT2D eigenvalue weighted by molar-refractivity contribution is 0.176. The first kappa shape index (κ1) is 17.2. The number of aromatic nitrogens is 1. The Labute approximate surface area is 162 Å². The molecule has 0 saturated heterocycles. The molecule has 28 heavy (non-hydrogen) atoms. The van der Waals surface area contributed by atoms with Gasteiger partial charge in [-0.2, -0.15) is 0 Å². The molecule has 5 heteroatoms. The van der Waals surface area contributed by atoms with Crippen LogP contribution in [-0.2, 0) is 19.6 Å². The summed E-state index contributed by atoms with van der Waals surface area (Å²) in [5, 5.41) is 10.5. The molecule has 0 bridgehead atoms. The van der Waals surface area contributed by atoms with Crippen LogP contribution in [0.3, 0.4) is 0 Å². The number of halogens is 1. The van der Waals surface area contributed by atoms with Gasteiger partial charge in [0, 0.05) is 28.7 Å². The number of nitrogens with zero attached hydrogens (tertiary/aromatic N) is 1. The molecule has 2 aromatic heterocycles. The van der Waals surface area contributed by atoms with Crippen molar-refractivity contribution < 1.29 is 13.9 Å². The zero-order valence-electron chi connectivity index (χ0n) is 15.4. The molecule has 1 aliphatic heterocycles. The average Bonchev–Trinajstić information content (AvgIpc) is 3.32. The van der Waals surface area contributed by atoms with Crippen molar-refractivity contribution in [2.75, 3.05) is 6.54 Å². The molecule has 1 aliphatic rings. The van der Waals surface area contributed by atoms with E-state index in [1.165, 1.54) is 17.0 Å². The summed E-state index contributed by atoms with van der Waals surface area (Å²) in [7, 11) is 0. The van der Waals surface area contributed by atoms with Crippen molar-refractivity contribution in [3.8, 4) is 0 Å². The monoisotopic (exact) mass is 376 g/mol. The van der Waals surface area contributed by atoms with Gasteiger partial charge in [0.25, 0.3) is 0 Å². The van der Waals surface area contributed by atoms with Gasteiger partial charge in [0.05, 0.1) is 12.6 Å². The predicted octanol–water partition coefficient (Wildman–Crippen LogP) is 4.54. The third kappa shape index (κ3) is 2.84. The van der Waals surface area contributed by atoms with Crippen LogP contribution in [0.5, 0.6) is 0 Å². The number of fused-ring (bicyclic) bond motifs is 3. The number of aromatic amines is 1. The van der Waals surface area contributed by atoms with Crippen LogP contribution in [0.15, 0.2) is 65.1 Å². The number of aliphatic hydroxyl groups excluding tert-OH is 1. The molecule has 2 aromatic carbocycles. The fourth-order valence-corrected chi connectivity index (χ4v) is 4.30. The summed E-state index contributed by atoms with van der Waals surface area (Å²) in [6, 6.07) is 18.7. The molecule has 0 fully saturated rings. The summed E-state index contributed by atoms with van der Waals surface area (Å²) in [5.74, 6) is 1.10. The molecular weight excluding hydrogens is 355 g/mol. The van der Waals surface area contributed by atoms with E-state index in [-0.39, 0.29) is 18.5 Å². The van der Waals surface area contributed by atoms with Gasteiger partial charge in [-0.3, -0.25) is 4.90 Å². The van der Waals surface area contributed by atoms with Crippen molar-refractivity contribution in [2.24, 2.45) is 0 Å². The molecule has 1 atom stereocenters. The third-order valence-corrected chi connectivity index (χ3v) is 5.57. The van der Waals surface area contributed by atoms with E-state index in [4.69, 9.17) is 4.42 Å². The number of nitrogens with one attached hydrogen (secondary N) is 1. The van der Waals surface area contributed by atoms with Crippen molar-refractivity contribution in [1.29, 1.82) is 0 Å². The smallest absolute Gasteiger partial charge is 0.129 e. The predicted molar refractivity (Wildman–Crippen MR) is 105 cm³/mol. The molecule has 2 N–H and O–H groups in total. The number of benzene rings is 2. The normalized spacial score (nSPS) is 17.1. The van der Waals surface area contributed by atoms with Gasteiger partial charge < -0.3 is 14.5 Å². The summed E-state index contributed by atoms with van der Waals surface area (Å²) in [4.78, 5) is 5.78. The van der Waals surface area contributed by atoms with E-state index < -0.39 is 0 Å². The van der Waals surface area contributed by atoms with Gasteiger partial charge >= 0.3 is 0 Å². The number of para-hydroxylation sites is 1. The van der Waals surface area contributed by atoms with Gasteiger partial charge in [0.2, 0.25) is 0 Å². The van der Waals surface area contributed by atoms with E-state index in [2.05, 4.69) is 22.0 Å². The lowest BCUT2D eigenvalue weighted by atomic mass is 9.92. The van der Waals surface area contributed by atoms with Crippen LogP contribution in [-0.4, -0.2) is 21.5 Å². The number of furan rings is 1. The van der Waals surface area contributed by atoms with E-state index in [9.17, 15) is 9.50 Å². The second-order valence-electron chi connectivity index (χ2n) is 7.23. The lowest BCUT2D eigenvalue weighted by Gasteiger charge is -2.35. The molecule has 0 saturated carbocycles. The van der Waals surface area contributed by atoms with Gasteiger partial charge in [-0.05, 0) is 36.2 Å². The van der Waals surface area contributed by atoms with Gasteiger partial charge in [-0.25, -0.2) is 4.39 Å². The molecule has 1 unspecified atom stereocenters. The molecule has 0 radical (unpaired) electrons. The van der Waals surface area contributed by atoms with Gasteiger partial charge in [0.1, 0.15) is 23.9 Å². The Balaban J connectivity index is 1.62. The van der Waals surface area contributed by atoms with E-state index in [1.54, 1.807) is 12.1 Å². The van der Waals surface area contributed by atoms with Crippen LogP contribution < -0.4 is 0 Å². The van der Waals surface area contributed by atoms with E-state index in [1.807, 2.05) is 30.3 Å². The Hall–Kier alpha value is -2.89. The first-order valence-corrected chi connectivity index (χ1v) is 9.51. The highest BCUT2D eigenvalue weighted by Gasteiger charge is 2.33.